The quantitative estimate of drug-likeness (QED) is 0.518. The van der Waals surface area contributed by atoms with Crippen molar-refractivity contribution in [3.63, 3.8) is 0 Å². The number of nitro groups is 1. The third kappa shape index (κ3) is 4.65. The zero-order chi connectivity index (χ0) is 18.2. The summed E-state index contributed by atoms with van der Waals surface area (Å²) >= 11 is 0. The summed E-state index contributed by atoms with van der Waals surface area (Å²) in [5.74, 6) is 0.240. The third-order valence-corrected chi connectivity index (χ3v) is 3.92. The summed E-state index contributed by atoms with van der Waals surface area (Å²) in [4.78, 5) is 29.1. The van der Waals surface area contributed by atoms with Gasteiger partial charge in [-0.3, -0.25) is 15.1 Å². The molecule has 0 N–H and O–H groups in total. The molecule has 0 aliphatic rings. The molecule has 1 amide bonds. The second kappa shape index (κ2) is 8.96. The van der Waals surface area contributed by atoms with E-state index in [4.69, 9.17) is 4.74 Å². The highest BCUT2D eigenvalue weighted by atomic mass is 16.6. The van der Waals surface area contributed by atoms with Gasteiger partial charge in [-0.05, 0) is 31.0 Å². The van der Waals surface area contributed by atoms with Crippen LogP contribution in [0.5, 0.6) is 5.75 Å². The average Bonchev–Trinajstić information content (AvgIpc) is 2.61. The van der Waals surface area contributed by atoms with E-state index in [0.717, 1.165) is 25.7 Å². The maximum absolute atomic E-state index is 12.5. The minimum Gasteiger partial charge on any atom is -0.408 e. The average molecular weight is 345 g/mol. The Morgan fingerprint density at radius 3 is 2.48 bits per heavy atom. The molecule has 7 nitrogen and oxygen atoms in total. The molecule has 0 unspecified atom stereocenters. The van der Waals surface area contributed by atoms with Crippen molar-refractivity contribution in [1.82, 2.24) is 9.88 Å². The Labute approximate surface area is 146 Å². The first kappa shape index (κ1) is 18.6. The van der Waals surface area contributed by atoms with Crippen LogP contribution in [0.25, 0.3) is 10.9 Å². The van der Waals surface area contributed by atoms with Crippen LogP contribution in [0.15, 0.2) is 30.5 Å². The van der Waals surface area contributed by atoms with E-state index in [1.54, 1.807) is 17.0 Å². The molecule has 0 fully saturated rings. The lowest BCUT2D eigenvalue weighted by Gasteiger charge is -2.21. The summed E-state index contributed by atoms with van der Waals surface area (Å²) in [7, 11) is 0. The number of rotatable bonds is 8. The minimum atomic E-state index is -0.468. The smallest absolute Gasteiger partial charge is 0.408 e. The Kier molecular flexibility index (Phi) is 6.68. The van der Waals surface area contributed by atoms with Crippen LogP contribution < -0.4 is 4.74 Å². The van der Waals surface area contributed by atoms with Crippen LogP contribution in [-0.2, 0) is 0 Å². The van der Waals surface area contributed by atoms with E-state index in [1.807, 2.05) is 0 Å². The van der Waals surface area contributed by atoms with Crippen molar-refractivity contribution in [1.29, 1.82) is 0 Å². The number of benzene rings is 1. The number of nitrogens with zero attached hydrogens (tertiary/aromatic N) is 3. The molecular formula is C18H23N3O4. The number of carbonyl (C=O) groups is 1. The molecule has 0 saturated heterocycles. The number of carbonyl (C=O) groups excluding carboxylic acids is 1. The van der Waals surface area contributed by atoms with Gasteiger partial charge < -0.3 is 9.64 Å². The van der Waals surface area contributed by atoms with E-state index < -0.39 is 11.0 Å². The molecule has 0 spiro atoms. The van der Waals surface area contributed by atoms with Crippen LogP contribution in [0.4, 0.5) is 10.5 Å². The standard InChI is InChI=1S/C18H23N3O4/c1-3-5-12-20(13-6-4-2)18(22)25-16-10-9-15(21(23)24)14-8-7-11-19-17(14)16/h7-11H,3-6,12-13H2,1-2H3. The molecule has 134 valence electrons. The summed E-state index contributed by atoms with van der Waals surface area (Å²) in [5.41, 5.74) is 0.257. The van der Waals surface area contributed by atoms with Crippen molar-refractivity contribution < 1.29 is 14.5 Å². The van der Waals surface area contributed by atoms with E-state index in [2.05, 4.69) is 18.8 Å². The minimum absolute atomic E-state index is 0.0586. The van der Waals surface area contributed by atoms with Gasteiger partial charge in [-0.25, -0.2) is 4.79 Å². The van der Waals surface area contributed by atoms with Crippen LogP contribution in [0.1, 0.15) is 39.5 Å². The normalized spacial score (nSPS) is 10.6. The number of fused-ring (bicyclic) bond motifs is 1. The lowest BCUT2D eigenvalue weighted by Crippen LogP contribution is -2.35. The van der Waals surface area contributed by atoms with Crippen LogP contribution in [0, 0.1) is 10.1 Å². The zero-order valence-electron chi connectivity index (χ0n) is 14.6. The Morgan fingerprint density at radius 2 is 1.88 bits per heavy atom. The molecule has 7 heteroatoms. The highest BCUT2D eigenvalue weighted by Gasteiger charge is 2.20. The van der Waals surface area contributed by atoms with Gasteiger partial charge in [0.05, 0.1) is 10.3 Å². The number of hydrogen-bond donors (Lipinski definition) is 0. The first-order chi connectivity index (χ1) is 12.1. The molecule has 2 aromatic rings. The van der Waals surface area contributed by atoms with Gasteiger partial charge in [-0.2, -0.15) is 0 Å². The number of pyridine rings is 1. The maximum atomic E-state index is 12.5. The van der Waals surface area contributed by atoms with Gasteiger partial charge in [0, 0.05) is 25.4 Å². The molecule has 0 bridgehead atoms. The second-order valence-electron chi connectivity index (χ2n) is 5.80. The van der Waals surface area contributed by atoms with Gasteiger partial charge in [0.1, 0.15) is 5.52 Å². The molecule has 0 saturated carbocycles. The van der Waals surface area contributed by atoms with Crippen LogP contribution >= 0.6 is 0 Å². The van der Waals surface area contributed by atoms with E-state index >= 15 is 0 Å². The summed E-state index contributed by atoms with van der Waals surface area (Å²) in [6, 6.07) is 6.00. The Morgan fingerprint density at radius 1 is 1.20 bits per heavy atom. The lowest BCUT2D eigenvalue weighted by molar-refractivity contribution is -0.383. The molecule has 2 rings (SSSR count). The Balaban J connectivity index is 2.27. The number of hydrogen-bond acceptors (Lipinski definition) is 5. The van der Waals surface area contributed by atoms with Crippen molar-refractivity contribution in [2.75, 3.05) is 13.1 Å². The first-order valence-corrected chi connectivity index (χ1v) is 8.57. The number of aromatic nitrogens is 1. The number of ether oxygens (including phenoxy) is 1. The molecule has 0 aliphatic carbocycles. The molecule has 0 atom stereocenters. The SMILES string of the molecule is CCCCN(CCCC)C(=O)Oc1ccc([N+](=O)[O-])c2cccnc12. The van der Waals surface area contributed by atoms with Gasteiger partial charge in [-0.15, -0.1) is 0 Å². The molecule has 1 heterocycles. The van der Waals surface area contributed by atoms with E-state index in [-0.39, 0.29) is 11.4 Å². The van der Waals surface area contributed by atoms with Crippen LogP contribution in [0.3, 0.4) is 0 Å². The molecule has 25 heavy (non-hydrogen) atoms. The van der Waals surface area contributed by atoms with Crippen LogP contribution in [-0.4, -0.2) is 34.0 Å². The molecule has 0 radical (unpaired) electrons. The van der Waals surface area contributed by atoms with Crippen molar-refractivity contribution >= 4 is 22.7 Å². The van der Waals surface area contributed by atoms with Gasteiger partial charge in [0.15, 0.2) is 5.75 Å². The highest BCUT2D eigenvalue weighted by molar-refractivity contribution is 5.93. The molecule has 1 aromatic carbocycles. The summed E-state index contributed by atoms with van der Waals surface area (Å²) in [6.07, 6.45) is 4.85. The van der Waals surface area contributed by atoms with Gasteiger partial charge in [-0.1, -0.05) is 26.7 Å². The Bertz CT molecular complexity index is 740. The van der Waals surface area contributed by atoms with E-state index in [0.29, 0.717) is 24.0 Å². The maximum Gasteiger partial charge on any atom is 0.415 e. The fraction of sp³-hybridized carbons (Fsp3) is 0.444. The molecule has 0 aliphatic heterocycles. The largest absolute Gasteiger partial charge is 0.415 e. The number of unbranched alkanes of at least 4 members (excludes halogenated alkanes) is 2. The molecular weight excluding hydrogens is 322 g/mol. The topological polar surface area (TPSA) is 85.6 Å². The van der Waals surface area contributed by atoms with E-state index in [9.17, 15) is 14.9 Å². The summed E-state index contributed by atoms with van der Waals surface area (Å²) in [6.45, 7) is 5.40. The number of amides is 1. The van der Waals surface area contributed by atoms with Gasteiger partial charge in [0.2, 0.25) is 0 Å². The fourth-order valence-electron chi connectivity index (χ4n) is 2.52. The second-order valence-corrected chi connectivity index (χ2v) is 5.80. The Hall–Kier alpha value is -2.70. The number of non-ortho nitro benzene ring substituents is 1. The van der Waals surface area contributed by atoms with Crippen molar-refractivity contribution in [3.05, 3.63) is 40.6 Å². The summed E-state index contributed by atoms with van der Waals surface area (Å²) in [5, 5.41) is 11.5. The van der Waals surface area contributed by atoms with E-state index in [1.165, 1.54) is 18.3 Å². The van der Waals surface area contributed by atoms with Gasteiger partial charge in [0.25, 0.3) is 5.69 Å². The molecule has 1 aromatic heterocycles. The monoisotopic (exact) mass is 345 g/mol. The lowest BCUT2D eigenvalue weighted by atomic mass is 10.1. The van der Waals surface area contributed by atoms with Crippen molar-refractivity contribution in [2.24, 2.45) is 0 Å². The van der Waals surface area contributed by atoms with Crippen molar-refractivity contribution in [3.8, 4) is 5.75 Å². The number of nitro benzene ring substituents is 1. The zero-order valence-corrected chi connectivity index (χ0v) is 14.6. The first-order valence-electron chi connectivity index (χ1n) is 8.57. The predicted octanol–water partition coefficient (Wildman–Crippen LogP) is 4.54. The van der Waals surface area contributed by atoms with Gasteiger partial charge >= 0.3 is 6.09 Å². The fourth-order valence-corrected chi connectivity index (χ4v) is 2.52. The predicted molar refractivity (Wildman–Crippen MR) is 95.8 cm³/mol. The summed E-state index contributed by atoms with van der Waals surface area (Å²) < 4.78 is 5.52. The third-order valence-electron chi connectivity index (χ3n) is 3.92. The van der Waals surface area contributed by atoms with Crippen molar-refractivity contribution in [2.45, 2.75) is 39.5 Å². The van der Waals surface area contributed by atoms with Crippen LogP contribution in [0.2, 0.25) is 0 Å². The highest BCUT2D eigenvalue weighted by Crippen LogP contribution is 2.31.